The highest BCUT2D eigenvalue weighted by atomic mass is 79.9. The Bertz CT molecular complexity index is 434. The highest BCUT2D eigenvalue weighted by Crippen LogP contribution is 2.18. The van der Waals surface area contributed by atoms with E-state index in [0.29, 0.717) is 5.69 Å². The number of nitrogens with two attached hydrogens (primary N) is 1. The molecule has 0 aliphatic carbocycles. The summed E-state index contributed by atoms with van der Waals surface area (Å²) in [4.78, 5) is 22.2. The van der Waals surface area contributed by atoms with E-state index in [9.17, 15) is 9.59 Å². The van der Waals surface area contributed by atoms with Crippen LogP contribution in [0, 0.1) is 0 Å². The van der Waals surface area contributed by atoms with Gasteiger partial charge >= 0.3 is 5.97 Å². The first-order valence-corrected chi connectivity index (χ1v) is 5.30. The summed E-state index contributed by atoms with van der Waals surface area (Å²) < 4.78 is 0.757. The molecule has 0 fully saturated rings. The molecule has 16 heavy (non-hydrogen) atoms. The van der Waals surface area contributed by atoms with Crippen molar-refractivity contribution in [2.24, 2.45) is 0 Å². The van der Waals surface area contributed by atoms with Crippen LogP contribution in [0.1, 0.15) is 17.3 Å². The van der Waals surface area contributed by atoms with E-state index in [0.717, 1.165) is 4.47 Å². The van der Waals surface area contributed by atoms with Crippen molar-refractivity contribution in [1.82, 2.24) is 5.32 Å². The molecule has 0 aliphatic heterocycles. The number of halogens is 1. The summed E-state index contributed by atoms with van der Waals surface area (Å²) in [6, 6.07) is 3.83. The molecule has 0 unspecified atom stereocenters. The number of hydrogen-bond donors (Lipinski definition) is 3. The number of benzene rings is 1. The summed E-state index contributed by atoms with van der Waals surface area (Å²) in [5.74, 6) is -1.59. The van der Waals surface area contributed by atoms with Crippen molar-refractivity contribution in [2.45, 2.75) is 13.0 Å². The largest absolute Gasteiger partial charge is 0.480 e. The van der Waals surface area contributed by atoms with E-state index in [-0.39, 0.29) is 5.56 Å². The monoisotopic (exact) mass is 286 g/mol. The van der Waals surface area contributed by atoms with Crippen molar-refractivity contribution in [1.29, 1.82) is 0 Å². The Hall–Kier alpha value is -1.56. The lowest BCUT2D eigenvalue weighted by molar-refractivity contribution is -0.138. The summed E-state index contributed by atoms with van der Waals surface area (Å²) >= 11 is 3.21. The van der Waals surface area contributed by atoms with Crippen LogP contribution >= 0.6 is 15.9 Å². The van der Waals surface area contributed by atoms with E-state index >= 15 is 0 Å². The van der Waals surface area contributed by atoms with Gasteiger partial charge < -0.3 is 16.2 Å². The number of carbonyl (C=O) groups is 2. The molecule has 0 saturated carbocycles. The maximum absolute atomic E-state index is 11.6. The summed E-state index contributed by atoms with van der Waals surface area (Å²) in [6.07, 6.45) is 0. The molecule has 1 aromatic carbocycles. The van der Waals surface area contributed by atoms with Crippen LogP contribution < -0.4 is 11.1 Å². The van der Waals surface area contributed by atoms with Crippen LogP contribution in [0.25, 0.3) is 0 Å². The van der Waals surface area contributed by atoms with Crippen LogP contribution in [0.2, 0.25) is 0 Å². The lowest BCUT2D eigenvalue weighted by Gasteiger charge is -2.10. The van der Waals surface area contributed by atoms with Crippen LogP contribution in [0.5, 0.6) is 0 Å². The third kappa shape index (κ3) is 2.96. The Labute approximate surface area is 101 Å². The van der Waals surface area contributed by atoms with E-state index < -0.39 is 17.9 Å². The average molecular weight is 287 g/mol. The number of nitrogen functional groups attached to an aromatic ring is 1. The fraction of sp³-hybridized carbons (Fsp3) is 0.200. The van der Waals surface area contributed by atoms with Gasteiger partial charge in [0.2, 0.25) is 0 Å². The van der Waals surface area contributed by atoms with E-state index in [1.807, 2.05) is 0 Å². The predicted octanol–water partition coefficient (Wildman–Crippen LogP) is 1.23. The Kier molecular flexibility index (Phi) is 3.89. The molecule has 1 amide bonds. The van der Waals surface area contributed by atoms with Crippen LogP contribution in [-0.4, -0.2) is 23.0 Å². The highest BCUT2D eigenvalue weighted by molar-refractivity contribution is 9.10. The highest BCUT2D eigenvalue weighted by Gasteiger charge is 2.16. The van der Waals surface area contributed by atoms with E-state index in [1.54, 1.807) is 12.1 Å². The third-order valence-electron chi connectivity index (χ3n) is 1.98. The van der Waals surface area contributed by atoms with E-state index in [4.69, 9.17) is 10.8 Å². The summed E-state index contributed by atoms with van der Waals surface area (Å²) in [6.45, 7) is 1.38. The number of aliphatic carboxylic acids is 1. The molecule has 0 aromatic heterocycles. The Morgan fingerprint density at radius 2 is 2.12 bits per heavy atom. The molecule has 6 heteroatoms. The first-order chi connectivity index (χ1) is 7.41. The topological polar surface area (TPSA) is 92.4 Å². The fourth-order valence-electron chi connectivity index (χ4n) is 1.08. The minimum Gasteiger partial charge on any atom is -0.480 e. The number of nitrogens with one attached hydrogen (secondary N) is 1. The Balaban J connectivity index is 2.85. The number of carboxylic acids is 1. The lowest BCUT2D eigenvalue weighted by atomic mass is 10.1. The first-order valence-electron chi connectivity index (χ1n) is 4.50. The van der Waals surface area contributed by atoms with Gasteiger partial charge in [0.05, 0.1) is 5.56 Å². The van der Waals surface area contributed by atoms with Gasteiger partial charge in [-0.1, -0.05) is 15.9 Å². The van der Waals surface area contributed by atoms with Crippen LogP contribution in [0.15, 0.2) is 22.7 Å². The molecule has 1 rings (SSSR count). The lowest BCUT2D eigenvalue weighted by Crippen LogP contribution is -2.38. The van der Waals surface area contributed by atoms with Crippen LogP contribution in [0.4, 0.5) is 5.69 Å². The van der Waals surface area contributed by atoms with Gasteiger partial charge in [-0.3, -0.25) is 9.59 Å². The molecular formula is C10H11BrN2O3. The second-order valence-corrected chi connectivity index (χ2v) is 4.18. The van der Waals surface area contributed by atoms with Crippen molar-refractivity contribution in [3.8, 4) is 0 Å². The molecular weight excluding hydrogens is 276 g/mol. The van der Waals surface area contributed by atoms with Crippen molar-refractivity contribution in [3.05, 3.63) is 28.2 Å². The summed E-state index contributed by atoms with van der Waals surface area (Å²) in [5.41, 5.74) is 6.19. The van der Waals surface area contributed by atoms with Gasteiger partial charge in [0.15, 0.2) is 0 Å². The molecule has 1 atom stereocenters. The smallest absolute Gasteiger partial charge is 0.325 e. The minimum absolute atomic E-state index is 0.260. The molecule has 0 saturated heterocycles. The zero-order valence-corrected chi connectivity index (χ0v) is 10.1. The molecule has 0 radical (unpaired) electrons. The van der Waals surface area contributed by atoms with Crippen molar-refractivity contribution in [2.75, 3.05) is 5.73 Å². The Morgan fingerprint density at radius 1 is 1.50 bits per heavy atom. The summed E-state index contributed by atoms with van der Waals surface area (Å²) in [5, 5.41) is 11.0. The second kappa shape index (κ2) is 4.98. The van der Waals surface area contributed by atoms with Crippen molar-refractivity contribution >= 4 is 33.5 Å². The maximum atomic E-state index is 11.6. The van der Waals surface area contributed by atoms with Gasteiger partial charge in [-0.05, 0) is 25.1 Å². The zero-order chi connectivity index (χ0) is 12.3. The number of anilines is 1. The Morgan fingerprint density at radius 3 is 2.62 bits per heavy atom. The molecule has 0 spiro atoms. The quantitative estimate of drug-likeness (QED) is 0.729. The van der Waals surface area contributed by atoms with Crippen molar-refractivity contribution in [3.63, 3.8) is 0 Å². The minimum atomic E-state index is -1.09. The maximum Gasteiger partial charge on any atom is 0.325 e. The molecule has 86 valence electrons. The van der Waals surface area contributed by atoms with Gasteiger partial charge in [-0.2, -0.15) is 0 Å². The van der Waals surface area contributed by atoms with Gasteiger partial charge in [-0.15, -0.1) is 0 Å². The number of hydrogen-bond acceptors (Lipinski definition) is 3. The molecule has 0 heterocycles. The summed E-state index contributed by atoms with van der Waals surface area (Å²) in [7, 11) is 0. The predicted molar refractivity (Wildman–Crippen MR) is 63.1 cm³/mol. The van der Waals surface area contributed by atoms with Gasteiger partial charge in [0.1, 0.15) is 6.04 Å². The number of carboxylic acid groups (broad SMARTS) is 1. The van der Waals surface area contributed by atoms with Crippen LogP contribution in [0.3, 0.4) is 0 Å². The number of rotatable bonds is 3. The average Bonchev–Trinajstić information content (AvgIpc) is 2.16. The molecule has 0 bridgehead atoms. The number of amides is 1. The standard InChI is InChI=1S/C10H11BrN2O3/c1-5(10(15)16)13-9(14)7-3-2-6(11)4-8(7)12/h2-5H,12H2,1H3,(H,13,14)(H,15,16)/t5-/m0/s1. The van der Waals surface area contributed by atoms with E-state index in [2.05, 4.69) is 21.2 Å². The fourth-order valence-corrected chi connectivity index (χ4v) is 1.46. The van der Waals surface area contributed by atoms with Crippen LogP contribution in [-0.2, 0) is 4.79 Å². The van der Waals surface area contributed by atoms with Gasteiger partial charge in [-0.25, -0.2) is 0 Å². The molecule has 4 N–H and O–H groups in total. The third-order valence-corrected chi connectivity index (χ3v) is 2.47. The normalized spacial score (nSPS) is 11.9. The first kappa shape index (κ1) is 12.5. The van der Waals surface area contributed by atoms with Crippen molar-refractivity contribution < 1.29 is 14.7 Å². The van der Waals surface area contributed by atoms with Gasteiger partial charge in [0, 0.05) is 10.2 Å². The second-order valence-electron chi connectivity index (χ2n) is 3.26. The molecule has 0 aliphatic rings. The van der Waals surface area contributed by atoms with Gasteiger partial charge in [0.25, 0.3) is 5.91 Å². The zero-order valence-electron chi connectivity index (χ0n) is 8.53. The molecule has 5 nitrogen and oxygen atoms in total. The molecule has 1 aromatic rings. The van der Waals surface area contributed by atoms with E-state index in [1.165, 1.54) is 13.0 Å². The number of carbonyl (C=O) groups excluding carboxylic acids is 1. The SMILES string of the molecule is C[C@H](NC(=O)c1ccc(Br)cc1N)C(=O)O.